The second kappa shape index (κ2) is 13.4. The molecule has 10 heteroatoms. The maximum atomic E-state index is 14.9. The van der Waals surface area contributed by atoms with Gasteiger partial charge in [0.05, 0.1) is 43.4 Å². The van der Waals surface area contributed by atoms with Crippen LogP contribution in [0.3, 0.4) is 0 Å². The molecular weight excluding hydrogens is 489 g/mol. The number of ether oxygens (including phenoxy) is 2. The molecule has 38 heavy (non-hydrogen) atoms. The molecule has 0 aromatic heterocycles. The van der Waals surface area contributed by atoms with E-state index in [-0.39, 0.29) is 47.5 Å². The molecule has 7 atom stereocenters. The average Bonchev–Trinajstić information content (AvgIpc) is 3.02. The monoisotopic (exact) mass is 539 g/mol. The number of fused-ring (bicyclic) bond motifs is 3. The van der Waals surface area contributed by atoms with Gasteiger partial charge in [-0.15, -0.1) is 0 Å². The third kappa shape index (κ3) is 7.05. The van der Waals surface area contributed by atoms with Crippen LogP contribution in [0.4, 0.5) is 4.39 Å². The smallest absolute Gasteiger partial charge is 0.308 e. The zero-order valence-corrected chi connectivity index (χ0v) is 23.3. The Bertz CT molecular complexity index is 795. The SMILES string of the molecule is CCC12CCCN(CC(F)CC1)C(C(C(=O)NC1CNCCC1OC1CCC(C(=O)OC)CC1)C(N)N)C2. The van der Waals surface area contributed by atoms with E-state index in [2.05, 4.69) is 22.5 Å². The van der Waals surface area contributed by atoms with Gasteiger partial charge in [0, 0.05) is 19.1 Å². The lowest BCUT2D eigenvalue weighted by Crippen LogP contribution is -2.62. The van der Waals surface area contributed by atoms with Crippen molar-refractivity contribution in [3.05, 3.63) is 0 Å². The Balaban J connectivity index is 1.44. The third-order valence-electron chi connectivity index (χ3n) is 9.89. The number of nitrogens with one attached hydrogen (secondary N) is 2. The summed E-state index contributed by atoms with van der Waals surface area (Å²) in [6, 6.07) is -0.381. The second-order valence-electron chi connectivity index (χ2n) is 12.2. The van der Waals surface area contributed by atoms with Gasteiger partial charge in [0.15, 0.2) is 0 Å². The van der Waals surface area contributed by atoms with Crippen LogP contribution in [-0.4, -0.2) is 86.7 Å². The minimum absolute atomic E-state index is 0.0265. The highest BCUT2D eigenvalue weighted by Gasteiger charge is 2.46. The highest BCUT2D eigenvalue weighted by molar-refractivity contribution is 5.80. The van der Waals surface area contributed by atoms with Gasteiger partial charge >= 0.3 is 5.97 Å². The van der Waals surface area contributed by atoms with Crippen LogP contribution in [-0.2, 0) is 19.1 Å². The van der Waals surface area contributed by atoms with E-state index >= 15 is 0 Å². The summed E-state index contributed by atoms with van der Waals surface area (Å²) in [5.41, 5.74) is 12.6. The molecule has 0 radical (unpaired) electrons. The summed E-state index contributed by atoms with van der Waals surface area (Å²) in [5, 5.41) is 6.63. The van der Waals surface area contributed by atoms with E-state index in [0.29, 0.717) is 19.5 Å². The van der Waals surface area contributed by atoms with Crippen molar-refractivity contribution in [1.29, 1.82) is 0 Å². The van der Waals surface area contributed by atoms with Crippen LogP contribution in [0.2, 0.25) is 0 Å². The van der Waals surface area contributed by atoms with E-state index in [1.165, 1.54) is 7.11 Å². The summed E-state index contributed by atoms with van der Waals surface area (Å²) in [5.74, 6) is -0.973. The number of halogens is 1. The lowest BCUT2D eigenvalue weighted by atomic mass is 9.70. The molecule has 1 saturated carbocycles. The molecule has 3 aliphatic heterocycles. The molecule has 218 valence electrons. The Hall–Kier alpha value is -1.33. The Morgan fingerprint density at radius 3 is 2.61 bits per heavy atom. The van der Waals surface area contributed by atoms with Crippen molar-refractivity contribution in [2.45, 2.75) is 114 Å². The Morgan fingerprint density at radius 2 is 1.92 bits per heavy atom. The number of amides is 1. The number of hydrogen-bond acceptors (Lipinski definition) is 8. The molecule has 7 unspecified atom stereocenters. The molecule has 0 aromatic rings. The van der Waals surface area contributed by atoms with Crippen LogP contribution in [0.1, 0.15) is 77.6 Å². The molecule has 2 bridgehead atoms. The molecule has 0 spiro atoms. The van der Waals surface area contributed by atoms with E-state index in [1.807, 2.05) is 0 Å². The fraction of sp³-hybridized carbons (Fsp3) is 0.929. The maximum absolute atomic E-state index is 14.9. The van der Waals surface area contributed by atoms with Crippen LogP contribution >= 0.6 is 0 Å². The van der Waals surface area contributed by atoms with Crippen LogP contribution < -0.4 is 22.1 Å². The lowest BCUT2D eigenvalue weighted by Gasteiger charge is -2.44. The molecular formula is C28H50FN5O4. The minimum atomic E-state index is -0.894. The van der Waals surface area contributed by atoms with Crippen molar-refractivity contribution < 1.29 is 23.5 Å². The topological polar surface area (TPSA) is 132 Å². The normalized spacial score (nSPS) is 39.1. The number of methoxy groups -OCH3 is 1. The van der Waals surface area contributed by atoms with Crippen LogP contribution in [0.5, 0.6) is 0 Å². The first-order chi connectivity index (χ1) is 18.2. The molecule has 4 fully saturated rings. The summed E-state index contributed by atoms with van der Waals surface area (Å²) in [6.45, 7) is 4.73. The fourth-order valence-corrected chi connectivity index (χ4v) is 7.49. The van der Waals surface area contributed by atoms with Crippen molar-refractivity contribution in [1.82, 2.24) is 15.5 Å². The van der Waals surface area contributed by atoms with Gasteiger partial charge in [-0.1, -0.05) is 13.3 Å². The highest BCUT2D eigenvalue weighted by Crippen LogP contribution is 2.45. The van der Waals surface area contributed by atoms with Crippen molar-refractivity contribution >= 4 is 11.9 Å². The summed E-state index contributed by atoms with van der Waals surface area (Å²) in [6.07, 6.45) is 7.42. The first-order valence-electron chi connectivity index (χ1n) is 14.9. The van der Waals surface area contributed by atoms with Crippen LogP contribution in [0.15, 0.2) is 0 Å². The maximum Gasteiger partial charge on any atom is 0.308 e. The Morgan fingerprint density at radius 1 is 1.16 bits per heavy atom. The number of nitrogens with two attached hydrogens (primary N) is 2. The molecule has 6 N–H and O–H groups in total. The number of hydrogen-bond donors (Lipinski definition) is 4. The molecule has 9 nitrogen and oxygen atoms in total. The van der Waals surface area contributed by atoms with E-state index in [9.17, 15) is 14.0 Å². The number of alkyl halides is 1. The van der Waals surface area contributed by atoms with Crippen LogP contribution in [0, 0.1) is 17.3 Å². The van der Waals surface area contributed by atoms with Gasteiger partial charge in [-0.2, -0.15) is 0 Å². The molecule has 3 heterocycles. The van der Waals surface area contributed by atoms with Gasteiger partial charge in [0.25, 0.3) is 0 Å². The van der Waals surface area contributed by atoms with Gasteiger partial charge in [0.2, 0.25) is 5.91 Å². The van der Waals surface area contributed by atoms with E-state index < -0.39 is 18.3 Å². The molecule has 1 amide bonds. The quantitative estimate of drug-likeness (QED) is 0.271. The summed E-state index contributed by atoms with van der Waals surface area (Å²) in [4.78, 5) is 27.9. The van der Waals surface area contributed by atoms with Crippen molar-refractivity contribution in [2.24, 2.45) is 28.7 Å². The first-order valence-corrected chi connectivity index (χ1v) is 14.9. The van der Waals surface area contributed by atoms with Crippen molar-refractivity contribution in [3.63, 3.8) is 0 Å². The standard InChI is InChI=1S/C28H50FN5O4/c1-3-28-11-4-14-34(17-19(29)9-12-28)22(15-28)24(25(30)31)26(35)33-21-16-32-13-10-23(21)38-20-7-5-18(6-8-20)27(36)37-2/h18-25,32H,3-17,30-31H2,1-2H3,(H,33,35). The molecule has 1 aliphatic carbocycles. The zero-order chi connectivity index (χ0) is 27.3. The minimum Gasteiger partial charge on any atom is -0.469 e. The Kier molecular flexibility index (Phi) is 10.4. The molecule has 0 aromatic carbocycles. The highest BCUT2D eigenvalue weighted by atomic mass is 19.1. The molecule has 4 rings (SSSR count). The summed E-state index contributed by atoms with van der Waals surface area (Å²) in [7, 11) is 1.44. The second-order valence-corrected chi connectivity index (χ2v) is 12.2. The first kappa shape index (κ1) is 29.6. The Labute approximate surface area is 227 Å². The number of esters is 1. The number of carbonyl (C=O) groups excluding carboxylic acids is 2. The average molecular weight is 540 g/mol. The predicted octanol–water partition coefficient (Wildman–Crippen LogP) is 1.82. The third-order valence-corrected chi connectivity index (χ3v) is 9.89. The zero-order valence-electron chi connectivity index (χ0n) is 23.3. The van der Waals surface area contributed by atoms with Gasteiger partial charge in [-0.25, -0.2) is 4.39 Å². The van der Waals surface area contributed by atoms with Crippen molar-refractivity contribution in [2.75, 3.05) is 33.3 Å². The summed E-state index contributed by atoms with van der Waals surface area (Å²) >= 11 is 0. The van der Waals surface area contributed by atoms with E-state index in [1.54, 1.807) is 0 Å². The van der Waals surface area contributed by atoms with Crippen molar-refractivity contribution in [3.8, 4) is 0 Å². The lowest BCUT2D eigenvalue weighted by molar-refractivity contribution is -0.148. The number of rotatable bonds is 8. The molecule has 3 saturated heterocycles. The molecule has 4 aliphatic rings. The summed E-state index contributed by atoms with van der Waals surface area (Å²) < 4.78 is 26.3. The number of nitrogens with zero attached hydrogens (tertiary/aromatic N) is 1. The van der Waals surface area contributed by atoms with Crippen LogP contribution in [0.25, 0.3) is 0 Å². The number of piperidine rings is 1. The van der Waals surface area contributed by atoms with E-state index in [4.69, 9.17) is 20.9 Å². The van der Waals surface area contributed by atoms with Gasteiger partial charge < -0.3 is 31.6 Å². The number of carbonyl (C=O) groups is 2. The predicted molar refractivity (Wildman–Crippen MR) is 144 cm³/mol. The van der Waals surface area contributed by atoms with Gasteiger partial charge in [-0.3, -0.25) is 14.5 Å². The van der Waals surface area contributed by atoms with Gasteiger partial charge in [-0.05, 0) is 82.7 Å². The largest absolute Gasteiger partial charge is 0.469 e. The van der Waals surface area contributed by atoms with E-state index in [0.717, 1.165) is 77.3 Å². The fourth-order valence-electron chi connectivity index (χ4n) is 7.49. The van der Waals surface area contributed by atoms with Gasteiger partial charge in [0.1, 0.15) is 6.17 Å².